The van der Waals surface area contributed by atoms with Gasteiger partial charge in [0, 0.05) is 29.9 Å². The largest absolute Gasteiger partial charge is 0.480 e. The number of aromatic nitrogens is 1. The third-order valence-electron chi connectivity index (χ3n) is 6.63. The fourth-order valence-corrected chi connectivity index (χ4v) is 4.69. The van der Waals surface area contributed by atoms with Crippen molar-refractivity contribution in [3.63, 3.8) is 0 Å². The summed E-state index contributed by atoms with van der Waals surface area (Å²) in [5.41, 5.74) is 3.37. The van der Waals surface area contributed by atoms with E-state index in [-0.39, 0.29) is 25.3 Å². The molecule has 0 fully saturated rings. The number of carbonyl (C=O) groups excluding carboxylic acids is 3. The summed E-state index contributed by atoms with van der Waals surface area (Å²) in [4.78, 5) is 55.6. The molecule has 0 bridgehead atoms. The molecule has 198 valence electrons. The Kier molecular flexibility index (Phi) is 7.26. The van der Waals surface area contributed by atoms with E-state index in [0.717, 1.165) is 22.0 Å². The lowest BCUT2D eigenvalue weighted by Crippen LogP contribution is -2.56. The minimum absolute atomic E-state index is 0.0523. The van der Waals surface area contributed by atoms with Crippen molar-refractivity contribution < 1.29 is 24.3 Å². The Balaban J connectivity index is 1.37. The van der Waals surface area contributed by atoms with Crippen LogP contribution in [0.15, 0.2) is 85.1 Å². The predicted molar refractivity (Wildman–Crippen MR) is 146 cm³/mol. The number of hydrogen-bond acceptors (Lipinski definition) is 4. The van der Waals surface area contributed by atoms with Crippen LogP contribution in [0.3, 0.4) is 0 Å². The number of rotatable bonds is 8. The number of aliphatic carboxylic acids is 1. The van der Waals surface area contributed by atoms with Gasteiger partial charge in [0.1, 0.15) is 18.6 Å². The highest BCUT2D eigenvalue weighted by molar-refractivity contribution is 6.10. The maximum absolute atomic E-state index is 13.5. The molecule has 0 saturated carbocycles. The molecule has 39 heavy (non-hydrogen) atoms. The minimum Gasteiger partial charge on any atom is -0.480 e. The van der Waals surface area contributed by atoms with Gasteiger partial charge in [-0.15, -0.1) is 0 Å². The van der Waals surface area contributed by atoms with E-state index < -0.39 is 30.0 Å². The van der Waals surface area contributed by atoms with Crippen molar-refractivity contribution in [2.75, 3.05) is 16.8 Å². The van der Waals surface area contributed by atoms with Crippen LogP contribution in [0.5, 0.6) is 0 Å². The second-order valence-corrected chi connectivity index (χ2v) is 9.31. The first-order chi connectivity index (χ1) is 18.9. The van der Waals surface area contributed by atoms with Crippen molar-refractivity contribution in [3.8, 4) is 0 Å². The van der Waals surface area contributed by atoms with Crippen LogP contribution in [-0.4, -0.2) is 52.5 Å². The summed E-state index contributed by atoms with van der Waals surface area (Å²) < 4.78 is 0. The number of hydrogen-bond donors (Lipinski definition) is 5. The maximum Gasteiger partial charge on any atom is 0.326 e. The summed E-state index contributed by atoms with van der Waals surface area (Å²) >= 11 is 0. The van der Waals surface area contributed by atoms with Gasteiger partial charge in [-0.25, -0.2) is 9.59 Å². The minimum atomic E-state index is -1.23. The normalized spacial score (nSPS) is 14.2. The molecule has 0 radical (unpaired) electrons. The third-order valence-corrected chi connectivity index (χ3v) is 6.63. The van der Waals surface area contributed by atoms with Crippen molar-refractivity contribution in [1.29, 1.82) is 0 Å². The molecule has 10 heteroatoms. The second kappa shape index (κ2) is 11.1. The van der Waals surface area contributed by atoms with Crippen LogP contribution in [0.4, 0.5) is 16.2 Å². The van der Waals surface area contributed by atoms with Crippen LogP contribution in [0.2, 0.25) is 0 Å². The molecule has 4 aromatic rings. The first kappa shape index (κ1) is 25.5. The molecule has 0 unspecified atom stereocenters. The standard InChI is InChI=1S/C29H27N5O5/c35-26-17-34(25-13-7-6-12-22(25)31-26)29(39)33-23(14-18-8-2-1-3-9-18)27(36)32-24(28(37)38)15-19-16-30-21-11-5-4-10-20(19)21/h1-13,16,23-24,30H,14-15,17H2,(H,31,35)(H,32,36)(H,33,39)(H,37,38)/t23-,24-/m0/s1. The number of fused-ring (bicyclic) bond motifs is 2. The zero-order chi connectivity index (χ0) is 27.4. The van der Waals surface area contributed by atoms with Crippen LogP contribution in [-0.2, 0) is 27.2 Å². The van der Waals surface area contributed by atoms with E-state index in [4.69, 9.17) is 0 Å². The predicted octanol–water partition coefficient (Wildman–Crippen LogP) is 3.06. The number of urea groups is 1. The number of anilines is 2. The van der Waals surface area contributed by atoms with Crippen molar-refractivity contribution in [2.24, 2.45) is 0 Å². The monoisotopic (exact) mass is 525 g/mol. The topological polar surface area (TPSA) is 144 Å². The highest BCUT2D eigenvalue weighted by atomic mass is 16.4. The van der Waals surface area contributed by atoms with Gasteiger partial charge in [0.15, 0.2) is 0 Å². The molecule has 0 aliphatic carbocycles. The van der Waals surface area contributed by atoms with Crippen molar-refractivity contribution in [1.82, 2.24) is 15.6 Å². The molecule has 1 aliphatic heterocycles. The van der Waals surface area contributed by atoms with Crippen LogP contribution in [0, 0.1) is 0 Å². The molecule has 1 aromatic heterocycles. The molecule has 4 amide bonds. The zero-order valence-electron chi connectivity index (χ0n) is 20.9. The van der Waals surface area contributed by atoms with Crippen LogP contribution < -0.4 is 20.9 Å². The van der Waals surface area contributed by atoms with E-state index in [1.54, 1.807) is 30.5 Å². The fraction of sp³-hybridized carbons (Fsp3) is 0.172. The molecule has 10 nitrogen and oxygen atoms in total. The number of aromatic amines is 1. The molecule has 2 heterocycles. The van der Waals surface area contributed by atoms with Crippen molar-refractivity contribution in [3.05, 3.63) is 96.2 Å². The number of carboxylic acids is 1. The summed E-state index contributed by atoms with van der Waals surface area (Å²) in [5.74, 6) is -2.20. The van der Waals surface area contributed by atoms with Crippen LogP contribution >= 0.6 is 0 Å². The lowest BCUT2D eigenvalue weighted by molar-refractivity contribution is -0.142. The molecule has 1 aliphatic rings. The van der Waals surface area contributed by atoms with Gasteiger partial charge in [0.25, 0.3) is 0 Å². The first-order valence-electron chi connectivity index (χ1n) is 12.5. The van der Waals surface area contributed by atoms with Crippen molar-refractivity contribution in [2.45, 2.75) is 24.9 Å². The van der Waals surface area contributed by atoms with E-state index >= 15 is 0 Å². The lowest BCUT2D eigenvalue weighted by Gasteiger charge is -2.31. The number of H-pyrrole nitrogens is 1. The third kappa shape index (κ3) is 5.74. The Hall–Kier alpha value is -5.12. The highest BCUT2D eigenvalue weighted by Crippen LogP contribution is 2.29. The van der Waals surface area contributed by atoms with Gasteiger partial charge in [0.05, 0.1) is 11.4 Å². The highest BCUT2D eigenvalue weighted by Gasteiger charge is 2.32. The molecule has 5 N–H and O–H groups in total. The van der Waals surface area contributed by atoms with E-state index in [9.17, 15) is 24.3 Å². The lowest BCUT2D eigenvalue weighted by atomic mass is 10.0. The van der Waals surface area contributed by atoms with Gasteiger partial charge in [0.2, 0.25) is 11.8 Å². The first-order valence-corrected chi connectivity index (χ1v) is 12.5. The van der Waals surface area contributed by atoms with Gasteiger partial charge in [-0.1, -0.05) is 60.7 Å². The molecule has 3 aromatic carbocycles. The Labute approximate surface area is 224 Å². The molecule has 0 saturated heterocycles. The van der Waals surface area contributed by atoms with E-state index in [1.165, 1.54) is 4.90 Å². The fourth-order valence-electron chi connectivity index (χ4n) is 4.69. The van der Waals surface area contributed by atoms with Gasteiger partial charge in [-0.2, -0.15) is 0 Å². The summed E-state index contributed by atoms with van der Waals surface area (Å²) in [6, 6.07) is 20.5. The SMILES string of the molecule is O=C1CN(C(=O)N[C@@H](Cc2ccccc2)C(=O)N[C@@H](Cc2c[nH]c3ccccc23)C(=O)O)c2ccccc2N1. The van der Waals surface area contributed by atoms with Gasteiger partial charge >= 0.3 is 12.0 Å². The maximum atomic E-state index is 13.5. The average molecular weight is 526 g/mol. The zero-order valence-corrected chi connectivity index (χ0v) is 20.9. The molecule has 2 atom stereocenters. The number of para-hydroxylation sites is 3. The van der Waals surface area contributed by atoms with Crippen molar-refractivity contribution >= 4 is 46.1 Å². The second-order valence-electron chi connectivity index (χ2n) is 9.31. The molecular formula is C29H27N5O5. The molecular weight excluding hydrogens is 498 g/mol. The van der Waals surface area contributed by atoms with Crippen LogP contribution in [0.1, 0.15) is 11.1 Å². The molecule has 5 rings (SSSR count). The van der Waals surface area contributed by atoms with Crippen LogP contribution in [0.25, 0.3) is 10.9 Å². The summed E-state index contributed by atoms with van der Waals surface area (Å²) in [7, 11) is 0. The number of benzene rings is 3. The number of nitrogens with one attached hydrogen (secondary N) is 4. The van der Waals surface area contributed by atoms with Gasteiger partial charge in [-0.05, 0) is 29.3 Å². The molecule has 0 spiro atoms. The summed E-state index contributed by atoms with van der Waals surface area (Å²) in [6.45, 7) is -0.221. The summed E-state index contributed by atoms with van der Waals surface area (Å²) in [5, 5.41) is 18.9. The smallest absolute Gasteiger partial charge is 0.326 e. The van der Waals surface area contributed by atoms with E-state index in [2.05, 4.69) is 20.9 Å². The number of carboxylic acid groups (broad SMARTS) is 1. The quantitative estimate of drug-likeness (QED) is 0.240. The Bertz CT molecular complexity index is 1530. The Morgan fingerprint density at radius 3 is 2.38 bits per heavy atom. The Morgan fingerprint density at radius 2 is 1.59 bits per heavy atom. The van der Waals surface area contributed by atoms with Gasteiger partial charge < -0.3 is 26.0 Å². The number of nitrogens with zero attached hydrogens (tertiary/aromatic N) is 1. The van der Waals surface area contributed by atoms with E-state index in [1.807, 2.05) is 54.6 Å². The number of carbonyl (C=O) groups is 4. The average Bonchev–Trinajstić information content (AvgIpc) is 3.35. The summed E-state index contributed by atoms with van der Waals surface area (Å²) in [6.07, 6.45) is 1.91. The van der Waals surface area contributed by atoms with Gasteiger partial charge in [-0.3, -0.25) is 14.5 Å². The van der Waals surface area contributed by atoms with E-state index in [0.29, 0.717) is 11.4 Å². The Morgan fingerprint density at radius 1 is 0.872 bits per heavy atom. The number of amides is 4.